The van der Waals surface area contributed by atoms with Crippen molar-refractivity contribution in [2.75, 3.05) is 18.4 Å². The normalized spacial score (nSPS) is 11.3. The van der Waals surface area contributed by atoms with Gasteiger partial charge in [-0.2, -0.15) is 0 Å². The summed E-state index contributed by atoms with van der Waals surface area (Å²) in [6, 6.07) is 7.22. The van der Waals surface area contributed by atoms with E-state index in [9.17, 15) is 4.79 Å². The zero-order valence-corrected chi connectivity index (χ0v) is 12.0. The SMILES string of the molecule is CC(C)(C)CCNCC(=O)Nc1ccccc1Cl. The van der Waals surface area contributed by atoms with Crippen LogP contribution in [0.15, 0.2) is 24.3 Å². The van der Waals surface area contributed by atoms with E-state index in [0.717, 1.165) is 13.0 Å². The van der Waals surface area contributed by atoms with E-state index in [0.29, 0.717) is 17.3 Å². The Morgan fingerprint density at radius 3 is 2.56 bits per heavy atom. The lowest BCUT2D eigenvalue weighted by Crippen LogP contribution is -2.30. The zero-order chi connectivity index (χ0) is 13.6. The molecule has 4 heteroatoms. The van der Waals surface area contributed by atoms with Crippen LogP contribution in [0.4, 0.5) is 5.69 Å². The Hall–Kier alpha value is -1.06. The molecule has 0 heterocycles. The number of halogens is 1. The van der Waals surface area contributed by atoms with Gasteiger partial charge in [-0.05, 0) is 30.5 Å². The van der Waals surface area contributed by atoms with E-state index in [1.165, 1.54) is 0 Å². The van der Waals surface area contributed by atoms with Crippen LogP contribution in [0.2, 0.25) is 5.02 Å². The highest BCUT2D eigenvalue weighted by Gasteiger charge is 2.10. The topological polar surface area (TPSA) is 41.1 Å². The Bertz CT molecular complexity index is 399. The molecule has 1 aromatic rings. The number of para-hydroxylation sites is 1. The number of amides is 1. The van der Waals surface area contributed by atoms with Gasteiger partial charge in [0, 0.05) is 0 Å². The summed E-state index contributed by atoms with van der Waals surface area (Å²) >= 11 is 5.95. The van der Waals surface area contributed by atoms with Crippen molar-refractivity contribution in [2.24, 2.45) is 5.41 Å². The molecule has 0 spiro atoms. The van der Waals surface area contributed by atoms with Crippen molar-refractivity contribution in [1.29, 1.82) is 0 Å². The van der Waals surface area contributed by atoms with E-state index in [4.69, 9.17) is 11.6 Å². The molecule has 0 saturated heterocycles. The number of carbonyl (C=O) groups excluding carboxylic acids is 1. The molecular formula is C14H21ClN2O. The molecule has 0 atom stereocenters. The largest absolute Gasteiger partial charge is 0.324 e. The summed E-state index contributed by atoms with van der Waals surface area (Å²) in [6.45, 7) is 7.68. The maximum Gasteiger partial charge on any atom is 0.238 e. The minimum absolute atomic E-state index is 0.0722. The molecule has 0 saturated carbocycles. The monoisotopic (exact) mass is 268 g/mol. The number of hydrogen-bond donors (Lipinski definition) is 2. The Labute approximate surface area is 114 Å². The third kappa shape index (κ3) is 6.03. The molecule has 100 valence electrons. The fourth-order valence-corrected chi connectivity index (χ4v) is 1.61. The quantitative estimate of drug-likeness (QED) is 0.805. The van der Waals surface area contributed by atoms with Gasteiger partial charge in [-0.15, -0.1) is 0 Å². The molecular weight excluding hydrogens is 248 g/mol. The predicted octanol–water partition coefficient (Wildman–Crippen LogP) is 3.30. The highest BCUT2D eigenvalue weighted by Crippen LogP contribution is 2.20. The van der Waals surface area contributed by atoms with E-state index >= 15 is 0 Å². The Morgan fingerprint density at radius 1 is 1.28 bits per heavy atom. The molecule has 1 rings (SSSR count). The maximum absolute atomic E-state index is 11.7. The Balaban J connectivity index is 2.29. The van der Waals surface area contributed by atoms with Gasteiger partial charge in [-0.3, -0.25) is 4.79 Å². The molecule has 0 aliphatic heterocycles. The van der Waals surface area contributed by atoms with Crippen molar-refractivity contribution < 1.29 is 4.79 Å². The maximum atomic E-state index is 11.7. The van der Waals surface area contributed by atoms with Gasteiger partial charge in [0.25, 0.3) is 0 Å². The van der Waals surface area contributed by atoms with Crippen molar-refractivity contribution in [1.82, 2.24) is 5.32 Å². The van der Waals surface area contributed by atoms with Gasteiger partial charge >= 0.3 is 0 Å². The van der Waals surface area contributed by atoms with Crippen molar-refractivity contribution in [3.05, 3.63) is 29.3 Å². The van der Waals surface area contributed by atoms with E-state index in [-0.39, 0.29) is 11.3 Å². The van der Waals surface area contributed by atoms with Gasteiger partial charge in [0.1, 0.15) is 0 Å². The number of nitrogens with one attached hydrogen (secondary N) is 2. The predicted molar refractivity (Wildman–Crippen MR) is 77.0 cm³/mol. The third-order valence-corrected chi connectivity index (χ3v) is 2.81. The summed E-state index contributed by atoms with van der Waals surface area (Å²) in [5.74, 6) is -0.0722. The summed E-state index contributed by atoms with van der Waals surface area (Å²) < 4.78 is 0. The van der Waals surface area contributed by atoms with Crippen LogP contribution in [0.25, 0.3) is 0 Å². The van der Waals surface area contributed by atoms with Crippen LogP contribution >= 0.6 is 11.6 Å². The van der Waals surface area contributed by atoms with Gasteiger partial charge in [-0.1, -0.05) is 44.5 Å². The minimum atomic E-state index is -0.0722. The average molecular weight is 269 g/mol. The van der Waals surface area contributed by atoms with Crippen LogP contribution in [-0.4, -0.2) is 19.0 Å². The van der Waals surface area contributed by atoms with Crippen LogP contribution in [0.3, 0.4) is 0 Å². The molecule has 0 aliphatic rings. The number of rotatable bonds is 5. The molecule has 3 nitrogen and oxygen atoms in total. The molecule has 0 radical (unpaired) electrons. The fraction of sp³-hybridized carbons (Fsp3) is 0.500. The highest BCUT2D eigenvalue weighted by atomic mass is 35.5. The van der Waals surface area contributed by atoms with Crippen molar-refractivity contribution >= 4 is 23.2 Å². The van der Waals surface area contributed by atoms with Crippen LogP contribution < -0.4 is 10.6 Å². The summed E-state index contributed by atoms with van der Waals surface area (Å²) in [5, 5.41) is 6.46. The van der Waals surface area contributed by atoms with E-state index in [2.05, 4.69) is 31.4 Å². The molecule has 1 aromatic carbocycles. The van der Waals surface area contributed by atoms with Crippen LogP contribution in [0.5, 0.6) is 0 Å². The smallest absolute Gasteiger partial charge is 0.238 e. The highest BCUT2D eigenvalue weighted by molar-refractivity contribution is 6.33. The second-order valence-corrected chi connectivity index (χ2v) is 5.92. The van der Waals surface area contributed by atoms with Gasteiger partial charge in [0.15, 0.2) is 0 Å². The minimum Gasteiger partial charge on any atom is -0.324 e. The van der Waals surface area contributed by atoms with E-state index in [1.54, 1.807) is 12.1 Å². The number of carbonyl (C=O) groups is 1. The molecule has 18 heavy (non-hydrogen) atoms. The Kier molecular flexibility index (Phi) is 5.63. The lowest BCUT2D eigenvalue weighted by Gasteiger charge is -2.18. The number of anilines is 1. The average Bonchev–Trinajstić information content (AvgIpc) is 2.26. The van der Waals surface area contributed by atoms with Crippen molar-refractivity contribution in [3.8, 4) is 0 Å². The van der Waals surface area contributed by atoms with E-state index in [1.807, 2.05) is 12.1 Å². The summed E-state index contributed by atoms with van der Waals surface area (Å²) in [4.78, 5) is 11.7. The summed E-state index contributed by atoms with van der Waals surface area (Å²) in [7, 11) is 0. The van der Waals surface area contributed by atoms with Gasteiger partial charge < -0.3 is 10.6 Å². The summed E-state index contributed by atoms with van der Waals surface area (Å²) in [6.07, 6.45) is 1.03. The van der Waals surface area contributed by atoms with Crippen molar-refractivity contribution in [2.45, 2.75) is 27.2 Å². The molecule has 0 bridgehead atoms. The van der Waals surface area contributed by atoms with E-state index < -0.39 is 0 Å². The fourth-order valence-electron chi connectivity index (χ4n) is 1.42. The molecule has 1 amide bonds. The first-order valence-corrected chi connectivity index (χ1v) is 6.51. The molecule has 2 N–H and O–H groups in total. The molecule has 0 unspecified atom stereocenters. The first-order valence-electron chi connectivity index (χ1n) is 6.13. The van der Waals surface area contributed by atoms with Crippen LogP contribution in [0.1, 0.15) is 27.2 Å². The van der Waals surface area contributed by atoms with Gasteiger partial charge in [0.2, 0.25) is 5.91 Å². The summed E-state index contributed by atoms with van der Waals surface area (Å²) in [5.41, 5.74) is 0.938. The van der Waals surface area contributed by atoms with Gasteiger partial charge in [-0.25, -0.2) is 0 Å². The molecule has 0 aromatic heterocycles. The third-order valence-electron chi connectivity index (χ3n) is 2.49. The standard InChI is InChI=1S/C14H21ClN2O/c1-14(2,3)8-9-16-10-13(18)17-12-7-5-4-6-11(12)15/h4-7,16H,8-10H2,1-3H3,(H,17,18). The Morgan fingerprint density at radius 2 is 1.94 bits per heavy atom. The van der Waals surface area contributed by atoms with Crippen LogP contribution in [-0.2, 0) is 4.79 Å². The second kappa shape index (κ2) is 6.76. The lowest BCUT2D eigenvalue weighted by atomic mass is 9.92. The second-order valence-electron chi connectivity index (χ2n) is 5.52. The van der Waals surface area contributed by atoms with Crippen molar-refractivity contribution in [3.63, 3.8) is 0 Å². The number of hydrogen-bond acceptors (Lipinski definition) is 2. The molecule has 0 fully saturated rings. The zero-order valence-electron chi connectivity index (χ0n) is 11.2. The first kappa shape index (κ1) is 15.0. The number of benzene rings is 1. The van der Waals surface area contributed by atoms with Crippen LogP contribution in [0, 0.1) is 5.41 Å². The molecule has 0 aliphatic carbocycles. The van der Waals surface area contributed by atoms with Gasteiger partial charge in [0.05, 0.1) is 17.3 Å². The lowest BCUT2D eigenvalue weighted by molar-refractivity contribution is -0.115. The first-order chi connectivity index (χ1) is 8.38.